The molecule has 160 valence electrons. The smallest absolute Gasteiger partial charge is 0.198 e. The molecule has 4 rings (SSSR count). The van der Waals surface area contributed by atoms with Crippen LogP contribution in [0.4, 0.5) is 5.69 Å². The second-order valence-corrected chi connectivity index (χ2v) is 7.62. The molecule has 0 bridgehead atoms. The Morgan fingerprint density at radius 1 is 0.781 bits per heavy atom. The molecule has 3 aromatic carbocycles. The maximum atomic E-state index is 13.4. The molecule has 32 heavy (non-hydrogen) atoms. The van der Waals surface area contributed by atoms with E-state index >= 15 is 0 Å². The maximum absolute atomic E-state index is 13.4. The summed E-state index contributed by atoms with van der Waals surface area (Å²) in [6.45, 7) is 6.01. The van der Waals surface area contributed by atoms with Gasteiger partial charge in [-0.3, -0.25) is 9.59 Å². The fourth-order valence-corrected chi connectivity index (χ4v) is 4.04. The Balaban J connectivity index is 1.87. The van der Waals surface area contributed by atoms with Crippen molar-refractivity contribution in [2.75, 3.05) is 18.0 Å². The summed E-state index contributed by atoms with van der Waals surface area (Å²) in [4.78, 5) is 29.0. The second-order valence-electron chi connectivity index (χ2n) is 7.62. The number of benzene rings is 3. The highest BCUT2D eigenvalue weighted by Crippen LogP contribution is 2.35. The number of carbonyl (C=O) groups excluding carboxylic acids is 2. The van der Waals surface area contributed by atoms with Crippen LogP contribution in [-0.2, 0) is 0 Å². The van der Waals surface area contributed by atoms with Crippen LogP contribution in [0.15, 0.2) is 90.0 Å². The summed E-state index contributed by atoms with van der Waals surface area (Å²) in [5, 5.41) is 11.0. The van der Waals surface area contributed by atoms with Crippen LogP contribution < -0.4 is 4.90 Å². The third-order valence-corrected chi connectivity index (χ3v) is 5.77. The first-order valence-electron chi connectivity index (χ1n) is 10.8. The molecule has 0 saturated carbocycles. The molecule has 0 fully saturated rings. The molecular formula is C28H25NO3. The van der Waals surface area contributed by atoms with Crippen LogP contribution in [0.3, 0.4) is 0 Å². The van der Waals surface area contributed by atoms with Gasteiger partial charge in [0, 0.05) is 41.0 Å². The number of anilines is 1. The lowest BCUT2D eigenvalue weighted by molar-refractivity contribution is 0.0972. The van der Waals surface area contributed by atoms with Crippen LogP contribution in [0.1, 0.15) is 45.7 Å². The van der Waals surface area contributed by atoms with Crippen LogP contribution >= 0.6 is 0 Å². The van der Waals surface area contributed by atoms with Crippen molar-refractivity contribution >= 4 is 29.1 Å². The van der Waals surface area contributed by atoms with Gasteiger partial charge in [0.05, 0.1) is 5.57 Å². The minimum atomic E-state index is -0.354. The Labute approximate surface area is 188 Å². The Morgan fingerprint density at radius 2 is 1.34 bits per heavy atom. The molecule has 0 spiro atoms. The van der Waals surface area contributed by atoms with Crippen molar-refractivity contribution in [3.63, 3.8) is 0 Å². The van der Waals surface area contributed by atoms with Crippen molar-refractivity contribution in [2.45, 2.75) is 13.8 Å². The molecule has 0 aliphatic heterocycles. The lowest BCUT2D eigenvalue weighted by Gasteiger charge is -2.22. The van der Waals surface area contributed by atoms with E-state index in [9.17, 15) is 14.7 Å². The number of aliphatic hydroxyl groups is 1. The van der Waals surface area contributed by atoms with Crippen molar-refractivity contribution in [2.24, 2.45) is 0 Å². The first-order valence-corrected chi connectivity index (χ1v) is 10.8. The van der Waals surface area contributed by atoms with Gasteiger partial charge in [-0.2, -0.15) is 0 Å². The number of hydrogen-bond donors (Lipinski definition) is 1. The summed E-state index contributed by atoms with van der Waals surface area (Å²) in [5.74, 6) is -0.817. The van der Waals surface area contributed by atoms with Gasteiger partial charge in [-0.1, -0.05) is 66.7 Å². The van der Waals surface area contributed by atoms with E-state index in [1.807, 2.05) is 30.3 Å². The second kappa shape index (κ2) is 9.06. The van der Waals surface area contributed by atoms with Gasteiger partial charge in [0.25, 0.3) is 0 Å². The van der Waals surface area contributed by atoms with E-state index < -0.39 is 0 Å². The van der Waals surface area contributed by atoms with Crippen molar-refractivity contribution in [1.29, 1.82) is 0 Å². The molecule has 0 atom stereocenters. The summed E-state index contributed by atoms with van der Waals surface area (Å²) < 4.78 is 0. The SMILES string of the molecule is CCN(CC)c1ccc(C=C2C(=O)c3ccccc3C(=O)C2=C(O)c2ccccc2)cc1. The summed E-state index contributed by atoms with van der Waals surface area (Å²) in [5.41, 5.74) is 3.27. The number of hydrogen-bond acceptors (Lipinski definition) is 4. The van der Waals surface area contributed by atoms with Crippen LogP contribution in [0.5, 0.6) is 0 Å². The zero-order chi connectivity index (χ0) is 22.7. The van der Waals surface area contributed by atoms with Crippen LogP contribution in [0.25, 0.3) is 11.8 Å². The zero-order valence-electron chi connectivity index (χ0n) is 18.2. The minimum absolute atomic E-state index is 0.0349. The van der Waals surface area contributed by atoms with Gasteiger partial charge in [-0.05, 0) is 37.6 Å². The highest BCUT2D eigenvalue weighted by atomic mass is 16.3. The molecule has 1 aliphatic carbocycles. The first-order chi connectivity index (χ1) is 15.5. The quantitative estimate of drug-likeness (QED) is 0.406. The monoisotopic (exact) mass is 423 g/mol. The molecule has 0 saturated heterocycles. The Hall–Kier alpha value is -3.92. The Kier molecular flexibility index (Phi) is 6.04. The summed E-state index contributed by atoms with van der Waals surface area (Å²) in [7, 11) is 0. The number of allylic oxidation sites excluding steroid dienone is 2. The van der Waals surface area contributed by atoms with Crippen LogP contribution in [0.2, 0.25) is 0 Å². The predicted molar refractivity (Wildman–Crippen MR) is 129 cm³/mol. The molecule has 1 N–H and O–H groups in total. The summed E-state index contributed by atoms with van der Waals surface area (Å²) in [6.07, 6.45) is 1.69. The van der Waals surface area contributed by atoms with Gasteiger partial charge < -0.3 is 10.0 Å². The third-order valence-electron chi connectivity index (χ3n) is 5.77. The molecule has 0 heterocycles. The Morgan fingerprint density at radius 3 is 1.94 bits per heavy atom. The minimum Gasteiger partial charge on any atom is -0.507 e. The maximum Gasteiger partial charge on any atom is 0.198 e. The summed E-state index contributed by atoms with van der Waals surface area (Å²) >= 11 is 0. The average molecular weight is 424 g/mol. The van der Waals surface area contributed by atoms with Crippen molar-refractivity contribution < 1.29 is 14.7 Å². The van der Waals surface area contributed by atoms with Crippen molar-refractivity contribution in [1.82, 2.24) is 0 Å². The van der Waals surface area contributed by atoms with Gasteiger partial charge in [-0.15, -0.1) is 0 Å². The van der Waals surface area contributed by atoms with E-state index in [4.69, 9.17) is 0 Å². The van der Waals surface area contributed by atoms with Crippen molar-refractivity contribution in [3.8, 4) is 0 Å². The van der Waals surface area contributed by atoms with E-state index in [1.165, 1.54) is 0 Å². The van der Waals surface area contributed by atoms with E-state index in [2.05, 4.69) is 18.7 Å². The third kappa shape index (κ3) is 3.87. The number of aliphatic hydroxyl groups excluding tert-OH is 1. The number of ketones is 2. The molecule has 0 radical (unpaired) electrons. The standard InChI is InChI=1S/C28H25NO3/c1-3-29(4-2)21-16-14-19(15-17-21)18-24-25(26(30)20-10-6-5-7-11-20)28(32)23-13-9-8-12-22(23)27(24)31/h5-18,30H,3-4H2,1-2H3. The highest BCUT2D eigenvalue weighted by Gasteiger charge is 2.35. The van der Waals surface area contributed by atoms with Crippen LogP contribution in [0, 0.1) is 0 Å². The number of carbonyl (C=O) groups is 2. The topological polar surface area (TPSA) is 57.6 Å². The number of Topliss-reactive ketones (excluding diaryl/α,β-unsaturated/α-hetero) is 2. The lowest BCUT2D eigenvalue weighted by atomic mass is 9.80. The molecule has 1 aliphatic rings. The van der Waals surface area contributed by atoms with Crippen molar-refractivity contribution in [3.05, 3.63) is 112 Å². The van der Waals surface area contributed by atoms with E-state index in [0.29, 0.717) is 16.7 Å². The predicted octanol–water partition coefficient (Wildman–Crippen LogP) is 5.96. The van der Waals surface area contributed by atoms with Gasteiger partial charge in [-0.25, -0.2) is 0 Å². The fourth-order valence-electron chi connectivity index (χ4n) is 4.04. The molecule has 0 aromatic heterocycles. The number of fused-ring (bicyclic) bond motifs is 1. The van der Waals surface area contributed by atoms with Gasteiger partial charge >= 0.3 is 0 Å². The normalized spacial score (nSPS) is 16.1. The van der Waals surface area contributed by atoms with Gasteiger partial charge in [0.15, 0.2) is 11.6 Å². The molecule has 3 aromatic rings. The highest BCUT2D eigenvalue weighted by molar-refractivity contribution is 6.34. The molecular weight excluding hydrogens is 398 g/mol. The molecule has 0 unspecified atom stereocenters. The van der Waals surface area contributed by atoms with E-state index in [0.717, 1.165) is 24.3 Å². The molecule has 0 amide bonds. The summed E-state index contributed by atoms with van der Waals surface area (Å²) in [6, 6.07) is 23.4. The number of rotatable bonds is 5. The van der Waals surface area contributed by atoms with Crippen LogP contribution in [-0.4, -0.2) is 29.8 Å². The lowest BCUT2D eigenvalue weighted by Crippen LogP contribution is -2.24. The Bertz CT molecular complexity index is 1220. The van der Waals surface area contributed by atoms with Gasteiger partial charge in [0.2, 0.25) is 0 Å². The molecule has 4 heteroatoms. The molecule has 4 nitrogen and oxygen atoms in total. The zero-order valence-corrected chi connectivity index (χ0v) is 18.2. The van der Waals surface area contributed by atoms with Gasteiger partial charge in [0.1, 0.15) is 5.76 Å². The average Bonchev–Trinajstić information content (AvgIpc) is 2.84. The number of nitrogens with zero attached hydrogens (tertiary/aromatic N) is 1. The first kappa shape index (κ1) is 21.3. The van der Waals surface area contributed by atoms with E-state index in [-0.39, 0.29) is 28.5 Å². The fraction of sp³-hybridized carbons (Fsp3) is 0.143. The largest absolute Gasteiger partial charge is 0.507 e. The van der Waals surface area contributed by atoms with E-state index in [1.54, 1.807) is 54.6 Å².